The van der Waals surface area contributed by atoms with Gasteiger partial charge in [-0.25, -0.2) is 0 Å². The Morgan fingerprint density at radius 1 is 1.05 bits per heavy atom. The summed E-state index contributed by atoms with van der Waals surface area (Å²) in [6, 6.07) is 18.0. The van der Waals surface area contributed by atoms with Crippen LogP contribution >= 0.6 is 27.3 Å². The van der Waals surface area contributed by atoms with Crippen LogP contribution in [0.1, 0.15) is 15.2 Å². The van der Waals surface area contributed by atoms with E-state index in [0.29, 0.717) is 6.42 Å². The van der Waals surface area contributed by atoms with E-state index in [2.05, 4.69) is 22.0 Å². The Morgan fingerprint density at radius 3 is 2.53 bits per heavy atom. The predicted octanol–water partition coefficient (Wildman–Crippen LogP) is 5.09. The van der Waals surface area contributed by atoms with Gasteiger partial charge >= 0.3 is 0 Å². The summed E-state index contributed by atoms with van der Waals surface area (Å²) in [5.74, 6) is 0.184. The molecular formula is C16H11BrOS. The molecule has 94 valence electrons. The number of rotatable bonds is 3. The zero-order valence-electron chi connectivity index (χ0n) is 10.1. The summed E-state index contributed by atoms with van der Waals surface area (Å²) in [5, 5.41) is 1.15. The Hall–Kier alpha value is -1.45. The lowest BCUT2D eigenvalue weighted by molar-refractivity contribution is 0.0997. The molecule has 0 saturated carbocycles. The van der Waals surface area contributed by atoms with Crippen molar-refractivity contribution in [2.75, 3.05) is 0 Å². The molecule has 0 N–H and O–H groups in total. The van der Waals surface area contributed by atoms with Crippen LogP contribution in [-0.4, -0.2) is 5.78 Å². The normalized spacial score (nSPS) is 10.8. The lowest BCUT2D eigenvalue weighted by Crippen LogP contribution is -2.00. The van der Waals surface area contributed by atoms with E-state index in [1.807, 2.05) is 48.5 Å². The Labute approximate surface area is 124 Å². The Balaban J connectivity index is 1.85. The summed E-state index contributed by atoms with van der Waals surface area (Å²) in [6.07, 6.45) is 0.458. The lowest BCUT2D eigenvalue weighted by atomic mass is 10.1. The smallest absolute Gasteiger partial charge is 0.177 e. The standard InChI is InChI=1S/C16H11BrOS/c17-13-7-5-11(6-8-13)9-14(18)16-10-12-3-1-2-4-15(12)19-16/h1-8,10H,9H2. The average Bonchev–Trinajstić information content (AvgIpc) is 2.85. The summed E-state index contributed by atoms with van der Waals surface area (Å²) in [5.41, 5.74) is 1.05. The number of hydrogen-bond donors (Lipinski definition) is 0. The zero-order valence-corrected chi connectivity index (χ0v) is 12.5. The fraction of sp³-hybridized carbons (Fsp3) is 0.0625. The van der Waals surface area contributed by atoms with E-state index in [4.69, 9.17) is 0 Å². The first-order valence-corrected chi connectivity index (χ1v) is 7.59. The summed E-state index contributed by atoms with van der Waals surface area (Å²) in [7, 11) is 0. The molecular weight excluding hydrogens is 320 g/mol. The molecule has 1 nitrogen and oxygen atoms in total. The van der Waals surface area contributed by atoms with Crippen molar-refractivity contribution in [3.63, 3.8) is 0 Å². The van der Waals surface area contributed by atoms with Gasteiger partial charge in [-0.15, -0.1) is 11.3 Å². The molecule has 0 spiro atoms. The van der Waals surface area contributed by atoms with E-state index < -0.39 is 0 Å². The molecule has 0 atom stereocenters. The molecule has 3 rings (SSSR count). The molecule has 0 aliphatic carbocycles. The van der Waals surface area contributed by atoms with Crippen LogP contribution in [0, 0.1) is 0 Å². The lowest BCUT2D eigenvalue weighted by Gasteiger charge is -1.99. The van der Waals surface area contributed by atoms with Gasteiger partial charge in [0.15, 0.2) is 5.78 Å². The van der Waals surface area contributed by atoms with Crippen molar-refractivity contribution in [1.29, 1.82) is 0 Å². The highest BCUT2D eigenvalue weighted by Crippen LogP contribution is 2.26. The van der Waals surface area contributed by atoms with Crippen molar-refractivity contribution in [2.45, 2.75) is 6.42 Å². The van der Waals surface area contributed by atoms with Gasteiger partial charge in [-0.2, -0.15) is 0 Å². The van der Waals surface area contributed by atoms with E-state index >= 15 is 0 Å². The number of benzene rings is 2. The largest absolute Gasteiger partial charge is 0.293 e. The van der Waals surface area contributed by atoms with Crippen molar-refractivity contribution in [2.24, 2.45) is 0 Å². The highest BCUT2D eigenvalue weighted by molar-refractivity contribution is 9.10. The van der Waals surface area contributed by atoms with Crippen LogP contribution in [-0.2, 0) is 6.42 Å². The van der Waals surface area contributed by atoms with Crippen molar-refractivity contribution in [1.82, 2.24) is 0 Å². The number of ketones is 1. The predicted molar refractivity (Wildman–Crippen MR) is 84.0 cm³/mol. The van der Waals surface area contributed by atoms with E-state index in [1.165, 1.54) is 4.70 Å². The molecule has 0 aliphatic heterocycles. The molecule has 1 heterocycles. The van der Waals surface area contributed by atoms with Crippen molar-refractivity contribution >= 4 is 43.1 Å². The Bertz CT molecular complexity index is 695. The second-order valence-electron chi connectivity index (χ2n) is 4.37. The number of halogens is 1. The molecule has 19 heavy (non-hydrogen) atoms. The molecule has 0 amide bonds. The van der Waals surface area contributed by atoms with Gasteiger partial charge in [0.25, 0.3) is 0 Å². The Kier molecular flexibility index (Phi) is 3.49. The fourth-order valence-electron chi connectivity index (χ4n) is 1.99. The molecule has 1 aromatic heterocycles. The van der Waals surface area contributed by atoms with E-state index in [0.717, 1.165) is 20.3 Å². The van der Waals surface area contributed by atoms with Crippen LogP contribution in [0.2, 0.25) is 0 Å². The average molecular weight is 331 g/mol. The number of thiophene rings is 1. The third-order valence-corrected chi connectivity index (χ3v) is 4.66. The molecule has 3 heteroatoms. The molecule has 0 fully saturated rings. The minimum absolute atomic E-state index is 0.184. The topological polar surface area (TPSA) is 17.1 Å². The first-order valence-electron chi connectivity index (χ1n) is 5.98. The van der Waals surface area contributed by atoms with Crippen LogP contribution in [0.5, 0.6) is 0 Å². The summed E-state index contributed by atoms with van der Waals surface area (Å²) >= 11 is 4.97. The SMILES string of the molecule is O=C(Cc1ccc(Br)cc1)c1cc2ccccc2s1. The summed E-state index contributed by atoms with van der Waals surface area (Å²) < 4.78 is 2.20. The van der Waals surface area contributed by atoms with Crippen LogP contribution in [0.4, 0.5) is 0 Å². The molecule has 0 bridgehead atoms. The van der Waals surface area contributed by atoms with Crippen molar-refractivity contribution in [3.8, 4) is 0 Å². The third-order valence-electron chi connectivity index (χ3n) is 2.98. The van der Waals surface area contributed by atoms with Gasteiger partial charge in [0.2, 0.25) is 0 Å². The van der Waals surface area contributed by atoms with Gasteiger partial charge in [0.05, 0.1) is 4.88 Å². The maximum atomic E-state index is 12.3. The van der Waals surface area contributed by atoms with Gasteiger partial charge in [-0.1, -0.05) is 46.3 Å². The number of hydrogen-bond acceptors (Lipinski definition) is 2. The van der Waals surface area contributed by atoms with E-state index in [1.54, 1.807) is 11.3 Å². The molecule has 0 radical (unpaired) electrons. The van der Waals surface area contributed by atoms with Gasteiger partial charge < -0.3 is 0 Å². The van der Waals surface area contributed by atoms with Crippen molar-refractivity contribution < 1.29 is 4.79 Å². The molecule has 3 aromatic rings. The minimum Gasteiger partial charge on any atom is -0.293 e. The first-order chi connectivity index (χ1) is 9.22. The monoisotopic (exact) mass is 330 g/mol. The van der Waals surface area contributed by atoms with Gasteiger partial charge in [-0.05, 0) is 35.2 Å². The first kappa shape index (κ1) is 12.6. The summed E-state index contributed by atoms with van der Waals surface area (Å²) in [6.45, 7) is 0. The second-order valence-corrected chi connectivity index (χ2v) is 6.37. The number of carbonyl (C=O) groups excluding carboxylic acids is 1. The summed E-state index contributed by atoms with van der Waals surface area (Å²) in [4.78, 5) is 13.1. The molecule has 2 aromatic carbocycles. The van der Waals surface area contributed by atoms with Crippen LogP contribution in [0.25, 0.3) is 10.1 Å². The second kappa shape index (κ2) is 5.27. The van der Waals surface area contributed by atoms with E-state index in [9.17, 15) is 4.79 Å². The highest BCUT2D eigenvalue weighted by Gasteiger charge is 2.10. The van der Waals surface area contributed by atoms with Gasteiger partial charge in [-0.3, -0.25) is 4.79 Å². The zero-order chi connectivity index (χ0) is 13.2. The highest BCUT2D eigenvalue weighted by atomic mass is 79.9. The van der Waals surface area contributed by atoms with Crippen LogP contribution in [0.15, 0.2) is 59.1 Å². The maximum absolute atomic E-state index is 12.3. The third kappa shape index (κ3) is 2.77. The molecule has 0 aliphatic rings. The fourth-order valence-corrected chi connectivity index (χ4v) is 3.26. The van der Waals surface area contributed by atoms with Gasteiger partial charge in [0.1, 0.15) is 0 Å². The van der Waals surface area contributed by atoms with Crippen LogP contribution < -0.4 is 0 Å². The van der Waals surface area contributed by atoms with E-state index in [-0.39, 0.29) is 5.78 Å². The number of fused-ring (bicyclic) bond motifs is 1. The molecule has 0 unspecified atom stereocenters. The molecule has 0 saturated heterocycles. The quantitative estimate of drug-likeness (QED) is 0.611. The van der Waals surface area contributed by atoms with Gasteiger partial charge in [0, 0.05) is 15.6 Å². The number of Topliss-reactive ketones (excluding diaryl/α,β-unsaturated/α-hetero) is 1. The number of carbonyl (C=O) groups is 1. The van der Waals surface area contributed by atoms with Crippen LogP contribution in [0.3, 0.4) is 0 Å². The Morgan fingerprint density at radius 2 is 1.79 bits per heavy atom. The maximum Gasteiger partial charge on any atom is 0.177 e. The van der Waals surface area contributed by atoms with Crippen molar-refractivity contribution in [3.05, 3.63) is 69.5 Å². The minimum atomic E-state index is 0.184.